The summed E-state index contributed by atoms with van der Waals surface area (Å²) in [5.74, 6) is -0.907. The number of fused-ring (bicyclic) bond motifs is 2. The van der Waals surface area contributed by atoms with Gasteiger partial charge in [0.1, 0.15) is 0 Å². The Kier molecular flexibility index (Phi) is 5.61. The topological polar surface area (TPSA) is 101 Å². The molecule has 7 heteroatoms. The molecule has 0 bridgehead atoms. The minimum absolute atomic E-state index is 0.0755. The fourth-order valence-corrected chi connectivity index (χ4v) is 3.93. The number of carbonyl (C=O) groups excluding carboxylic acids is 2. The van der Waals surface area contributed by atoms with Gasteiger partial charge in [-0.15, -0.1) is 0 Å². The second-order valence-corrected chi connectivity index (χ2v) is 7.51. The Bertz CT molecular complexity index is 1150. The van der Waals surface area contributed by atoms with Crippen LogP contribution < -0.4 is 10.9 Å². The first-order valence-corrected chi connectivity index (χ1v) is 10.1. The third-order valence-electron chi connectivity index (χ3n) is 5.45. The third-order valence-corrected chi connectivity index (χ3v) is 5.45. The van der Waals surface area contributed by atoms with E-state index in [0.29, 0.717) is 16.5 Å². The number of hydrogen-bond acceptors (Lipinski definition) is 5. The van der Waals surface area contributed by atoms with Gasteiger partial charge in [-0.05, 0) is 43.4 Å². The number of esters is 1. The molecule has 2 unspecified atom stereocenters. The first-order valence-electron chi connectivity index (χ1n) is 10.1. The summed E-state index contributed by atoms with van der Waals surface area (Å²) in [7, 11) is 0. The van der Waals surface area contributed by atoms with E-state index >= 15 is 0 Å². The Hall–Kier alpha value is -3.48. The zero-order chi connectivity index (χ0) is 21.1. The SMILES string of the molecule is CC(OC(=O)Cc1n[nH]c(=O)c2ccccc12)C(=O)NC1CCCc2ccccc21. The summed E-state index contributed by atoms with van der Waals surface area (Å²) < 4.78 is 5.34. The molecule has 0 saturated heterocycles. The van der Waals surface area contributed by atoms with Crippen LogP contribution in [0.15, 0.2) is 53.3 Å². The molecule has 0 saturated carbocycles. The Morgan fingerprint density at radius 3 is 2.73 bits per heavy atom. The van der Waals surface area contributed by atoms with Crippen molar-refractivity contribution in [2.75, 3.05) is 0 Å². The molecule has 1 aliphatic rings. The van der Waals surface area contributed by atoms with Crippen molar-refractivity contribution in [2.24, 2.45) is 0 Å². The van der Waals surface area contributed by atoms with Crippen molar-refractivity contribution in [3.8, 4) is 0 Å². The van der Waals surface area contributed by atoms with Crippen LogP contribution in [0.5, 0.6) is 0 Å². The monoisotopic (exact) mass is 405 g/mol. The lowest BCUT2D eigenvalue weighted by atomic mass is 9.87. The first kappa shape index (κ1) is 19.8. The highest BCUT2D eigenvalue weighted by molar-refractivity contribution is 5.88. The lowest BCUT2D eigenvalue weighted by Crippen LogP contribution is -2.39. The number of aromatic nitrogens is 2. The molecule has 1 aromatic heterocycles. The molecule has 1 heterocycles. The number of H-pyrrole nitrogens is 1. The van der Waals surface area contributed by atoms with Crippen LogP contribution in [0.25, 0.3) is 10.8 Å². The third kappa shape index (κ3) is 4.10. The Morgan fingerprint density at radius 2 is 1.90 bits per heavy atom. The molecule has 0 spiro atoms. The number of ether oxygens (including phenoxy) is 1. The largest absolute Gasteiger partial charge is 0.452 e. The maximum atomic E-state index is 12.6. The van der Waals surface area contributed by atoms with Crippen molar-refractivity contribution in [3.05, 3.63) is 75.7 Å². The van der Waals surface area contributed by atoms with Crippen molar-refractivity contribution in [1.82, 2.24) is 15.5 Å². The average molecular weight is 405 g/mol. The summed E-state index contributed by atoms with van der Waals surface area (Å²) in [6.07, 6.45) is 1.80. The van der Waals surface area contributed by atoms with Crippen LogP contribution in [0.4, 0.5) is 0 Å². The number of aryl methyl sites for hydroxylation is 1. The molecular weight excluding hydrogens is 382 g/mol. The molecule has 4 rings (SSSR count). The van der Waals surface area contributed by atoms with Gasteiger partial charge in [-0.3, -0.25) is 14.4 Å². The van der Waals surface area contributed by atoms with Gasteiger partial charge in [0.15, 0.2) is 6.10 Å². The van der Waals surface area contributed by atoms with Gasteiger partial charge in [0.25, 0.3) is 11.5 Å². The Morgan fingerprint density at radius 1 is 1.17 bits per heavy atom. The molecule has 7 nitrogen and oxygen atoms in total. The van der Waals surface area contributed by atoms with Crippen LogP contribution in [0.3, 0.4) is 0 Å². The van der Waals surface area contributed by atoms with E-state index in [1.165, 1.54) is 5.56 Å². The summed E-state index contributed by atoms with van der Waals surface area (Å²) in [4.78, 5) is 36.9. The standard InChI is InChI=1S/C23H23N3O4/c1-14(22(28)24-19-12-6-8-15-7-2-3-9-16(15)19)30-21(27)13-20-17-10-4-5-11-18(17)23(29)26-25-20/h2-5,7,9-11,14,19H,6,8,12-13H2,1H3,(H,24,28)(H,26,29). The van der Waals surface area contributed by atoms with Crippen molar-refractivity contribution in [3.63, 3.8) is 0 Å². The number of aromatic amines is 1. The molecule has 30 heavy (non-hydrogen) atoms. The van der Waals surface area contributed by atoms with E-state index in [2.05, 4.69) is 21.6 Å². The highest BCUT2D eigenvalue weighted by atomic mass is 16.5. The molecular formula is C23H23N3O4. The second kappa shape index (κ2) is 8.49. The van der Waals surface area contributed by atoms with Gasteiger partial charge in [0, 0.05) is 5.39 Å². The van der Waals surface area contributed by atoms with E-state index in [1.807, 2.05) is 18.2 Å². The van der Waals surface area contributed by atoms with Crippen LogP contribution in [0.2, 0.25) is 0 Å². The molecule has 1 aliphatic carbocycles. The summed E-state index contributed by atoms with van der Waals surface area (Å²) in [6, 6.07) is 14.9. The minimum atomic E-state index is -0.930. The molecule has 2 N–H and O–H groups in total. The van der Waals surface area contributed by atoms with Crippen LogP contribution in [-0.4, -0.2) is 28.2 Å². The number of nitrogens with zero attached hydrogens (tertiary/aromatic N) is 1. The van der Waals surface area contributed by atoms with Crippen molar-refractivity contribution in [1.29, 1.82) is 0 Å². The lowest BCUT2D eigenvalue weighted by molar-refractivity contribution is -0.154. The highest BCUT2D eigenvalue weighted by Gasteiger charge is 2.25. The van der Waals surface area contributed by atoms with Gasteiger partial charge in [-0.1, -0.05) is 42.5 Å². The molecule has 2 aromatic carbocycles. The average Bonchev–Trinajstić information content (AvgIpc) is 2.76. The fourth-order valence-electron chi connectivity index (χ4n) is 3.93. The zero-order valence-electron chi connectivity index (χ0n) is 16.7. The molecule has 154 valence electrons. The molecule has 2 atom stereocenters. The normalized spacial score (nSPS) is 16.5. The first-order chi connectivity index (χ1) is 14.5. The van der Waals surface area contributed by atoms with Crippen molar-refractivity contribution < 1.29 is 14.3 Å². The molecule has 3 aromatic rings. The molecule has 0 radical (unpaired) electrons. The number of carbonyl (C=O) groups is 2. The van der Waals surface area contributed by atoms with Crippen LogP contribution in [0, 0.1) is 0 Å². The number of benzene rings is 2. The van der Waals surface area contributed by atoms with E-state index in [0.717, 1.165) is 24.8 Å². The van der Waals surface area contributed by atoms with E-state index in [9.17, 15) is 14.4 Å². The van der Waals surface area contributed by atoms with Gasteiger partial charge < -0.3 is 10.1 Å². The van der Waals surface area contributed by atoms with E-state index < -0.39 is 12.1 Å². The van der Waals surface area contributed by atoms with Crippen LogP contribution in [-0.2, 0) is 27.2 Å². The highest BCUT2D eigenvalue weighted by Crippen LogP contribution is 2.29. The second-order valence-electron chi connectivity index (χ2n) is 7.51. The smallest absolute Gasteiger partial charge is 0.312 e. The lowest BCUT2D eigenvalue weighted by Gasteiger charge is -2.27. The van der Waals surface area contributed by atoms with Crippen LogP contribution >= 0.6 is 0 Å². The Balaban J connectivity index is 1.40. The predicted molar refractivity (Wildman–Crippen MR) is 112 cm³/mol. The van der Waals surface area contributed by atoms with E-state index in [-0.39, 0.29) is 23.9 Å². The summed E-state index contributed by atoms with van der Waals surface area (Å²) in [5.41, 5.74) is 2.46. The minimum Gasteiger partial charge on any atom is -0.452 e. The number of rotatable bonds is 5. The number of amides is 1. The summed E-state index contributed by atoms with van der Waals surface area (Å²) in [6.45, 7) is 1.56. The van der Waals surface area contributed by atoms with Gasteiger partial charge in [0.2, 0.25) is 0 Å². The maximum absolute atomic E-state index is 12.6. The Labute approximate surface area is 173 Å². The van der Waals surface area contributed by atoms with Crippen molar-refractivity contribution >= 4 is 22.6 Å². The van der Waals surface area contributed by atoms with Crippen molar-refractivity contribution in [2.45, 2.75) is 44.8 Å². The van der Waals surface area contributed by atoms with Crippen LogP contribution in [0.1, 0.15) is 42.6 Å². The van der Waals surface area contributed by atoms with E-state index in [1.54, 1.807) is 31.2 Å². The summed E-state index contributed by atoms with van der Waals surface area (Å²) >= 11 is 0. The fraction of sp³-hybridized carbons (Fsp3) is 0.304. The predicted octanol–water partition coefficient (Wildman–Crippen LogP) is 2.59. The zero-order valence-corrected chi connectivity index (χ0v) is 16.7. The van der Waals surface area contributed by atoms with E-state index in [4.69, 9.17) is 4.74 Å². The quantitative estimate of drug-likeness (QED) is 0.636. The van der Waals surface area contributed by atoms with Gasteiger partial charge in [-0.25, -0.2) is 5.10 Å². The molecule has 0 aliphatic heterocycles. The molecule has 0 fully saturated rings. The van der Waals surface area contributed by atoms with Gasteiger partial charge in [-0.2, -0.15) is 5.10 Å². The summed E-state index contributed by atoms with van der Waals surface area (Å²) in [5, 5.41) is 10.4. The van der Waals surface area contributed by atoms with Gasteiger partial charge >= 0.3 is 5.97 Å². The molecule has 1 amide bonds. The number of nitrogens with one attached hydrogen (secondary N) is 2. The number of hydrogen-bond donors (Lipinski definition) is 2. The maximum Gasteiger partial charge on any atom is 0.312 e. The van der Waals surface area contributed by atoms with Gasteiger partial charge in [0.05, 0.1) is 23.5 Å².